The molecule has 0 amide bonds. The normalized spacial score (nSPS) is 10.3. The van der Waals surface area contributed by atoms with Crippen molar-refractivity contribution in [3.63, 3.8) is 0 Å². The Bertz CT molecular complexity index is 516. The molecule has 1 N–H and O–H groups in total. The van der Waals surface area contributed by atoms with E-state index in [1.807, 2.05) is 0 Å². The first kappa shape index (κ1) is 11.6. The fourth-order valence-corrected chi connectivity index (χ4v) is 3.20. The Kier molecular flexibility index (Phi) is 3.57. The molecule has 2 aromatic rings. The maximum Gasteiger partial charge on any atom is 0.336 e. The number of aromatic nitrogens is 2. The second-order valence-corrected chi connectivity index (χ2v) is 5.71. The maximum atomic E-state index is 10.8. The van der Waals surface area contributed by atoms with Crippen molar-refractivity contribution in [3.05, 3.63) is 34.6 Å². The molecule has 0 bridgehead atoms. The van der Waals surface area contributed by atoms with Gasteiger partial charge in [-0.05, 0) is 45.7 Å². The first-order valence-corrected chi connectivity index (χ1v) is 6.52. The summed E-state index contributed by atoms with van der Waals surface area (Å²) in [5.41, 5.74) is 0.251. The summed E-state index contributed by atoms with van der Waals surface area (Å²) < 4.78 is 5.28. The van der Waals surface area contributed by atoms with E-state index < -0.39 is 5.97 Å². The first-order valence-electron chi connectivity index (χ1n) is 4.14. The van der Waals surface area contributed by atoms with Gasteiger partial charge < -0.3 is 5.11 Å². The van der Waals surface area contributed by atoms with Gasteiger partial charge in [0.25, 0.3) is 0 Å². The molecule has 0 atom stereocenters. The van der Waals surface area contributed by atoms with Crippen LogP contribution in [0, 0.1) is 0 Å². The molecule has 0 fully saturated rings. The highest BCUT2D eigenvalue weighted by Crippen LogP contribution is 2.31. The van der Waals surface area contributed by atoms with E-state index in [-0.39, 0.29) is 5.56 Å². The minimum absolute atomic E-state index is 0.251. The first-order chi connectivity index (χ1) is 7.66. The van der Waals surface area contributed by atoms with Crippen molar-refractivity contribution in [3.8, 4) is 0 Å². The van der Waals surface area contributed by atoms with Crippen LogP contribution in [0.5, 0.6) is 0 Å². The van der Waals surface area contributed by atoms with Crippen LogP contribution < -0.4 is 0 Å². The molecule has 0 aliphatic carbocycles. The third-order valence-corrected chi connectivity index (χ3v) is 4.08. The Balaban J connectivity index is 2.24. The third-order valence-electron chi connectivity index (χ3n) is 1.72. The molecule has 16 heavy (non-hydrogen) atoms. The van der Waals surface area contributed by atoms with E-state index in [1.54, 1.807) is 18.2 Å². The van der Waals surface area contributed by atoms with Crippen LogP contribution in [0.15, 0.2) is 38.2 Å². The number of aromatic carboxylic acids is 1. The lowest BCUT2D eigenvalue weighted by Crippen LogP contribution is -1.96. The van der Waals surface area contributed by atoms with E-state index in [0.29, 0.717) is 4.47 Å². The summed E-state index contributed by atoms with van der Waals surface area (Å²) in [5.74, 6) is -0.945. The highest BCUT2D eigenvalue weighted by atomic mass is 79.9. The second kappa shape index (κ2) is 4.94. The molecule has 0 spiro atoms. The van der Waals surface area contributed by atoms with Crippen LogP contribution in [0.2, 0.25) is 0 Å². The zero-order chi connectivity index (χ0) is 11.5. The lowest BCUT2D eigenvalue weighted by Gasteiger charge is -2.01. The number of carbonyl (C=O) groups is 1. The van der Waals surface area contributed by atoms with Crippen LogP contribution in [0.1, 0.15) is 10.4 Å². The quantitative estimate of drug-likeness (QED) is 0.942. The van der Waals surface area contributed by atoms with Crippen LogP contribution in [0.25, 0.3) is 0 Å². The lowest BCUT2D eigenvalue weighted by atomic mass is 10.2. The lowest BCUT2D eigenvalue weighted by molar-refractivity contribution is 0.0696. The van der Waals surface area contributed by atoms with Crippen LogP contribution in [0.3, 0.4) is 0 Å². The van der Waals surface area contributed by atoms with Gasteiger partial charge in [0.15, 0.2) is 4.34 Å². The summed E-state index contributed by atoms with van der Waals surface area (Å²) in [4.78, 5) is 15.8. The Morgan fingerprint density at radius 3 is 2.88 bits per heavy atom. The number of carboxylic acids is 1. The molecule has 1 heterocycles. The van der Waals surface area contributed by atoms with E-state index >= 15 is 0 Å². The van der Waals surface area contributed by atoms with Gasteiger partial charge in [0.2, 0.25) is 0 Å². The van der Waals surface area contributed by atoms with Gasteiger partial charge in [-0.1, -0.05) is 11.8 Å². The predicted octanol–water partition coefficient (Wildman–Crippen LogP) is 3.15. The molecule has 0 saturated heterocycles. The van der Waals surface area contributed by atoms with Gasteiger partial charge in [-0.15, -0.1) is 0 Å². The van der Waals surface area contributed by atoms with Gasteiger partial charge in [0.05, 0.1) is 5.56 Å². The van der Waals surface area contributed by atoms with Crippen LogP contribution in [0.4, 0.5) is 0 Å². The number of benzene rings is 1. The molecule has 0 aliphatic heterocycles. The van der Waals surface area contributed by atoms with Crippen LogP contribution in [-0.2, 0) is 0 Å². The number of rotatable bonds is 3. The second-order valence-electron chi connectivity index (χ2n) is 2.76. The van der Waals surface area contributed by atoms with E-state index in [0.717, 1.165) is 9.24 Å². The van der Waals surface area contributed by atoms with E-state index in [9.17, 15) is 4.79 Å². The molecule has 82 valence electrons. The smallest absolute Gasteiger partial charge is 0.336 e. The largest absolute Gasteiger partial charge is 0.478 e. The van der Waals surface area contributed by atoms with E-state index in [2.05, 4.69) is 25.3 Å². The number of halogens is 1. The maximum absolute atomic E-state index is 10.8. The molecule has 1 aromatic heterocycles. The van der Waals surface area contributed by atoms with E-state index in [1.165, 1.54) is 29.6 Å². The van der Waals surface area contributed by atoms with Crippen molar-refractivity contribution >= 4 is 45.2 Å². The fourth-order valence-electron chi connectivity index (χ4n) is 1.04. The summed E-state index contributed by atoms with van der Waals surface area (Å²) in [6, 6.07) is 5.07. The van der Waals surface area contributed by atoms with Gasteiger partial charge in [-0.3, -0.25) is 0 Å². The molecule has 2 rings (SSSR count). The Morgan fingerprint density at radius 1 is 1.50 bits per heavy atom. The minimum Gasteiger partial charge on any atom is -0.478 e. The number of hydrogen-bond donors (Lipinski definition) is 1. The Morgan fingerprint density at radius 2 is 2.31 bits per heavy atom. The highest BCUT2D eigenvalue weighted by Gasteiger charge is 2.09. The number of hydrogen-bond acceptors (Lipinski definition) is 5. The predicted molar refractivity (Wildman–Crippen MR) is 65.1 cm³/mol. The van der Waals surface area contributed by atoms with Crippen LogP contribution >= 0.6 is 39.2 Å². The topological polar surface area (TPSA) is 63.1 Å². The molecule has 1 aromatic carbocycles. The van der Waals surface area contributed by atoms with Gasteiger partial charge in [-0.25, -0.2) is 9.78 Å². The van der Waals surface area contributed by atoms with Crippen molar-refractivity contribution in [2.45, 2.75) is 9.24 Å². The van der Waals surface area contributed by atoms with Crippen molar-refractivity contribution in [1.29, 1.82) is 0 Å². The Labute approximate surface area is 108 Å². The standard InChI is InChI=1S/C9H5BrN2O2S2/c10-7-3-5(1-2-6(7)8(13)14)15-9-11-4-12-16-9/h1-4H,(H,13,14). The molecule has 0 radical (unpaired) electrons. The molecular formula is C9H5BrN2O2S2. The summed E-state index contributed by atoms with van der Waals surface area (Å²) in [7, 11) is 0. The minimum atomic E-state index is -0.945. The summed E-state index contributed by atoms with van der Waals surface area (Å²) in [6.07, 6.45) is 1.49. The Hall–Kier alpha value is -0.920. The van der Waals surface area contributed by atoms with E-state index in [4.69, 9.17) is 5.11 Å². The van der Waals surface area contributed by atoms with Crippen molar-refractivity contribution < 1.29 is 9.90 Å². The highest BCUT2D eigenvalue weighted by molar-refractivity contribution is 9.10. The molecule has 0 aliphatic rings. The van der Waals surface area contributed by atoms with Crippen molar-refractivity contribution in [2.75, 3.05) is 0 Å². The molecule has 0 saturated carbocycles. The summed E-state index contributed by atoms with van der Waals surface area (Å²) in [6.45, 7) is 0. The number of carboxylic acid groups (broad SMARTS) is 1. The zero-order valence-electron chi connectivity index (χ0n) is 7.75. The average Bonchev–Trinajstić information content (AvgIpc) is 2.70. The molecule has 4 nitrogen and oxygen atoms in total. The number of nitrogens with zero attached hydrogens (tertiary/aromatic N) is 2. The zero-order valence-corrected chi connectivity index (χ0v) is 11.0. The average molecular weight is 317 g/mol. The summed E-state index contributed by atoms with van der Waals surface area (Å²) in [5, 5.41) is 8.86. The fraction of sp³-hybridized carbons (Fsp3) is 0. The summed E-state index contributed by atoms with van der Waals surface area (Å²) >= 11 is 5.98. The van der Waals surface area contributed by atoms with Gasteiger partial charge >= 0.3 is 5.97 Å². The molecule has 7 heteroatoms. The van der Waals surface area contributed by atoms with Gasteiger partial charge in [0.1, 0.15) is 6.33 Å². The van der Waals surface area contributed by atoms with Crippen LogP contribution in [-0.4, -0.2) is 20.4 Å². The third kappa shape index (κ3) is 2.60. The van der Waals surface area contributed by atoms with Crippen molar-refractivity contribution in [2.24, 2.45) is 0 Å². The van der Waals surface area contributed by atoms with Gasteiger partial charge in [-0.2, -0.15) is 4.37 Å². The molecular weight excluding hydrogens is 312 g/mol. The van der Waals surface area contributed by atoms with Gasteiger partial charge in [0, 0.05) is 9.37 Å². The van der Waals surface area contributed by atoms with Crippen molar-refractivity contribution in [1.82, 2.24) is 9.36 Å². The molecule has 0 unspecified atom stereocenters. The monoisotopic (exact) mass is 316 g/mol. The SMILES string of the molecule is O=C(O)c1ccc(Sc2ncns2)cc1Br.